The molecule has 1 heteroatoms. The maximum Gasteiger partial charge on any atom is 0.00411 e. The van der Waals surface area contributed by atoms with Gasteiger partial charge in [0.25, 0.3) is 0 Å². The van der Waals surface area contributed by atoms with Crippen LogP contribution in [0.4, 0.5) is 0 Å². The second kappa shape index (κ2) is 6.44. The van der Waals surface area contributed by atoms with E-state index in [1.807, 2.05) is 0 Å². The van der Waals surface area contributed by atoms with Crippen LogP contribution < -0.4 is 5.32 Å². The summed E-state index contributed by atoms with van der Waals surface area (Å²) in [5, 5.41) is 3.47. The SMILES string of the molecule is CCNC(C)CC(C)CCC(C)(C)C. The maximum absolute atomic E-state index is 3.47. The predicted octanol–water partition coefficient (Wildman–Crippen LogP) is 3.84. The van der Waals surface area contributed by atoms with E-state index in [1.54, 1.807) is 0 Å². The van der Waals surface area contributed by atoms with Gasteiger partial charge in [-0.15, -0.1) is 0 Å². The van der Waals surface area contributed by atoms with Crippen LogP contribution in [0.3, 0.4) is 0 Å². The summed E-state index contributed by atoms with van der Waals surface area (Å²) in [6, 6.07) is 0.676. The van der Waals surface area contributed by atoms with Gasteiger partial charge in [0.2, 0.25) is 0 Å². The zero-order valence-corrected chi connectivity index (χ0v) is 11.0. The van der Waals surface area contributed by atoms with Crippen molar-refractivity contribution in [2.45, 2.75) is 66.8 Å². The first-order valence-corrected chi connectivity index (χ1v) is 6.08. The lowest BCUT2D eigenvalue weighted by molar-refractivity contribution is 0.309. The molecule has 0 aliphatic heterocycles. The third-order valence-electron chi connectivity index (χ3n) is 2.70. The highest BCUT2D eigenvalue weighted by Crippen LogP contribution is 2.25. The Hall–Kier alpha value is -0.0400. The van der Waals surface area contributed by atoms with E-state index in [-0.39, 0.29) is 0 Å². The fourth-order valence-electron chi connectivity index (χ4n) is 1.83. The van der Waals surface area contributed by atoms with Crippen molar-refractivity contribution < 1.29 is 0 Å². The number of hydrogen-bond acceptors (Lipinski definition) is 1. The van der Waals surface area contributed by atoms with Gasteiger partial charge < -0.3 is 5.32 Å². The normalized spacial score (nSPS) is 16.7. The van der Waals surface area contributed by atoms with Gasteiger partial charge in [0.05, 0.1) is 0 Å². The molecule has 0 bridgehead atoms. The molecular weight excluding hydrogens is 170 g/mol. The lowest BCUT2D eigenvalue weighted by atomic mass is 9.85. The van der Waals surface area contributed by atoms with Crippen LogP contribution in [0.5, 0.6) is 0 Å². The Balaban J connectivity index is 3.59. The molecule has 0 saturated carbocycles. The number of nitrogens with one attached hydrogen (secondary N) is 1. The van der Waals surface area contributed by atoms with Crippen molar-refractivity contribution in [1.29, 1.82) is 0 Å². The quantitative estimate of drug-likeness (QED) is 0.685. The van der Waals surface area contributed by atoms with Gasteiger partial charge >= 0.3 is 0 Å². The van der Waals surface area contributed by atoms with Crippen LogP contribution in [-0.2, 0) is 0 Å². The molecule has 86 valence electrons. The summed E-state index contributed by atoms with van der Waals surface area (Å²) in [7, 11) is 0. The van der Waals surface area contributed by atoms with E-state index in [0.29, 0.717) is 11.5 Å². The average Bonchev–Trinajstić information content (AvgIpc) is 2.00. The minimum atomic E-state index is 0.496. The van der Waals surface area contributed by atoms with Crippen molar-refractivity contribution in [2.75, 3.05) is 6.54 Å². The molecule has 0 aliphatic carbocycles. The lowest BCUT2D eigenvalue weighted by Gasteiger charge is -2.23. The van der Waals surface area contributed by atoms with Gasteiger partial charge in [-0.1, -0.05) is 41.0 Å². The minimum absolute atomic E-state index is 0.496. The Morgan fingerprint density at radius 1 is 1.14 bits per heavy atom. The molecule has 1 nitrogen and oxygen atoms in total. The van der Waals surface area contributed by atoms with Crippen LogP contribution in [0, 0.1) is 11.3 Å². The molecule has 0 rings (SSSR count). The summed E-state index contributed by atoms with van der Waals surface area (Å²) < 4.78 is 0. The summed E-state index contributed by atoms with van der Waals surface area (Å²) in [4.78, 5) is 0. The zero-order chi connectivity index (χ0) is 11.2. The van der Waals surface area contributed by atoms with Gasteiger partial charge in [0.1, 0.15) is 0 Å². The fourth-order valence-corrected chi connectivity index (χ4v) is 1.83. The van der Waals surface area contributed by atoms with E-state index in [0.717, 1.165) is 12.5 Å². The molecule has 1 N–H and O–H groups in total. The molecule has 0 aliphatic rings. The fraction of sp³-hybridized carbons (Fsp3) is 1.00. The monoisotopic (exact) mass is 199 g/mol. The Morgan fingerprint density at radius 3 is 2.14 bits per heavy atom. The van der Waals surface area contributed by atoms with Crippen molar-refractivity contribution >= 4 is 0 Å². The average molecular weight is 199 g/mol. The zero-order valence-electron chi connectivity index (χ0n) is 11.0. The van der Waals surface area contributed by atoms with Crippen LogP contribution >= 0.6 is 0 Å². The standard InChI is InChI=1S/C13H29N/c1-7-14-12(3)10-11(2)8-9-13(4,5)6/h11-12,14H,7-10H2,1-6H3. The predicted molar refractivity (Wildman–Crippen MR) is 65.6 cm³/mol. The molecule has 0 amide bonds. The molecule has 0 radical (unpaired) electrons. The highest BCUT2D eigenvalue weighted by atomic mass is 14.9. The van der Waals surface area contributed by atoms with Crippen molar-refractivity contribution in [1.82, 2.24) is 5.32 Å². The highest BCUT2D eigenvalue weighted by molar-refractivity contribution is 4.68. The van der Waals surface area contributed by atoms with Gasteiger partial charge in [-0.05, 0) is 37.6 Å². The topological polar surface area (TPSA) is 12.0 Å². The van der Waals surface area contributed by atoms with Crippen LogP contribution in [0.25, 0.3) is 0 Å². The van der Waals surface area contributed by atoms with Gasteiger partial charge in [0, 0.05) is 6.04 Å². The van der Waals surface area contributed by atoms with E-state index in [2.05, 4.69) is 46.9 Å². The second-order valence-electron chi connectivity index (χ2n) is 5.90. The Kier molecular flexibility index (Phi) is 6.43. The lowest BCUT2D eigenvalue weighted by Crippen LogP contribution is -2.27. The van der Waals surface area contributed by atoms with E-state index in [9.17, 15) is 0 Å². The second-order valence-corrected chi connectivity index (χ2v) is 5.90. The van der Waals surface area contributed by atoms with Crippen LogP contribution in [-0.4, -0.2) is 12.6 Å². The van der Waals surface area contributed by atoms with Gasteiger partial charge in [-0.3, -0.25) is 0 Å². The van der Waals surface area contributed by atoms with E-state index >= 15 is 0 Å². The summed E-state index contributed by atoms with van der Waals surface area (Å²) in [6.45, 7) is 14.9. The van der Waals surface area contributed by atoms with Crippen LogP contribution in [0.2, 0.25) is 0 Å². The van der Waals surface area contributed by atoms with Crippen molar-refractivity contribution in [2.24, 2.45) is 11.3 Å². The Morgan fingerprint density at radius 2 is 1.71 bits per heavy atom. The molecule has 2 unspecified atom stereocenters. The summed E-state index contributed by atoms with van der Waals surface area (Å²) in [6.07, 6.45) is 4.01. The molecule has 0 heterocycles. The van der Waals surface area contributed by atoms with Gasteiger partial charge in [-0.2, -0.15) is 0 Å². The summed E-state index contributed by atoms with van der Waals surface area (Å²) in [5.41, 5.74) is 0.496. The third kappa shape index (κ3) is 8.55. The first-order chi connectivity index (χ1) is 6.35. The molecule has 0 fully saturated rings. The molecule has 2 atom stereocenters. The van der Waals surface area contributed by atoms with E-state index < -0.39 is 0 Å². The van der Waals surface area contributed by atoms with Gasteiger partial charge in [0.15, 0.2) is 0 Å². The van der Waals surface area contributed by atoms with Gasteiger partial charge in [-0.25, -0.2) is 0 Å². The van der Waals surface area contributed by atoms with E-state index in [4.69, 9.17) is 0 Å². The number of rotatable bonds is 6. The Bertz CT molecular complexity index is 135. The van der Waals surface area contributed by atoms with Crippen molar-refractivity contribution in [3.05, 3.63) is 0 Å². The largest absolute Gasteiger partial charge is 0.315 e. The molecule has 0 saturated heterocycles. The van der Waals surface area contributed by atoms with Crippen LogP contribution in [0.1, 0.15) is 60.8 Å². The Labute approximate surface area is 90.7 Å². The molecule has 0 aromatic heterocycles. The van der Waals surface area contributed by atoms with Crippen LogP contribution in [0.15, 0.2) is 0 Å². The van der Waals surface area contributed by atoms with Crippen molar-refractivity contribution in [3.8, 4) is 0 Å². The first kappa shape index (κ1) is 14.0. The maximum atomic E-state index is 3.47. The third-order valence-corrected chi connectivity index (χ3v) is 2.70. The summed E-state index contributed by atoms with van der Waals surface area (Å²) in [5.74, 6) is 0.850. The molecule has 0 spiro atoms. The number of hydrogen-bond donors (Lipinski definition) is 1. The minimum Gasteiger partial charge on any atom is -0.315 e. The first-order valence-electron chi connectivity index (χ1n) is 6.08. The molecule has 0 aromatic rings. The highest BCUT2D eigenvalue weighted by Gasteiger charge is 2.13. The smallest absolute Gasteiger partial charge is 0.00411 e. The molecule has 0 aromatic carbocycles. The molecular formula is C13H29N. The summed E-state index contributed by atoms with van der Waals surface area (Å²) >= 11 is 0. The molecule has 14 heavy (non-hydrogen) atoms. The van der Waals surface area contributed by atoms with E-state index in [1.165, 1.54) is 19.3 Å². The van der Waals surface area contributed by atoms with Crippen molar-refractivity contribution in [3.63, 3.8) is 0 Å².